The number of carboxylic acids is 1. The Morgan fingerprint density at radius 1 is 1.50 bits per heavy atom. The van der Waals surface area contributed by atoms with Crippen LogP contribution >= 0.6 is 0 Å². The Hall–Kier alpha value is -1.95. The molecule has 1 aliphatic rings. The minimum atomic E-state index is -1.20. The van der Waals surface area contributed by atoms with E-state index in [4.69, 9.17) is 4.74 Å². The van der Waals surface area contributed by atoms with Gasteiger partial charge in [0.1, 0.15) is 11.9 Å². The summed E-state index contributed by atoms with van der Waals surface area (Å²) in [7, 11) is 0. The predicted octanol–water partition coefficient (Wildman–Crippen LogP) is 1.56. The molecule has 0 radical (unpaired) electrons. The van der Waals surface area contributed by atoms with Gasteiger partial charge in [0, 0.05) is 6.61 Å². The van der Waals surface area contributed by atoms with Crippen molar-refractivity contribution in [1.29, 1.82) is 0 Å². The topological polar surface area (TPSA) is 75.6 Å². The number of nitrogens with one attached hydrogen (secondary N) is 1. The first kappa shape index (κ1) is 14.5. The largest absolute Gasteiger partial charge is 0.479 e. The quantitative estimate of drug-likeness (QED) is 0.878. The Labute approximate surface area is 115 Å². The number of carbonyl (C=O) groups is 2. The van der Waals surface area contributed by atoms with E-state index in [1.54, 1.807) is 6.92 Å². The van der Waals surface area contributed by atoms with Crippen molar-refractivity contribution in [2.75, 3.05) is 6.61 Å². The summed E-state index contributed by atoms with van der Waals surface area (Å²) in [5.41, 5.74) is 0.669. The smallest absolute Gasteiger partial charge is 0.330 e. The third-order valence-electron chi connectivity index (χ3n) is 3.27. The van der Waals surface area contributed by atoms with Gasteiger partial charge in [-0.05, 0) is 37.0 Å². The van der Waals surface area contributed by atoms with Crippen molar-refractivity contribution in [1.82, 2.24) is 5.32 Å². The third kappa shape index (κ3) is 3.14. The van der Waals surface area contributed by atoms with Gasteiger partial charge in [-0.2, -0.15) is 0 Å². The van der Waals surface area contributed by atoms with Crippen LogP contribution in [-0.4, -0.2) is 29.7 Å². The lowest BCUT2D eigenvalue weighted by atomic mass is 10.0. The molecule has 6 heteroatoms. The van der Waals surface area contributed by atoms with Crippen LogP contribution in [0.25, 0.3) is 0 Å². The van der Waals surface area contributed by atoms with Gasteiger partial charge in [-0.1, -0.05) is 12.1 Å². The SMILES string of the molecule is Cc1cc(C(NC(=O)[C@@H]2CCCO2)C(=O)O)ccc1F. The van der Waals surface area contributed by atoms with Gasteiger partial charge < -0.3 is 15.2 Å². The van der Waals surface area contributed by atoms with Gasteiger partial charge >= 0.3 is 5.97 Å². The molecular weight excluding hydrogens is 265 g/mol. The zero-order chi connectivity index (χ0) is 14.7. The van der Waals surface area contributed by atoms with Crippen molar-refractivity contribution in [3.8, 4) is 0 Å². The summed E-state index contributed by atoms with van der Waals surface area (Å²) in [6, 6.07) is 2.77. The van der Waals surface area contributed by atoms with Crippen LogP contribution in [0.4, 0.5) is 4.39 Å². The molecule has 1 fully saturated rings. The van der Waals surface area contributed by atoms with Crippen LogP contribution < -0.4 is 5.32 Å². The first-order valence-electron chi connectivity index (χ1n) is 6.40. The fraction of sp³-hybridized carbons (Fsp3) is 0.429. The molecule has 1 aliphatic heterocycles. The van der Waals surface area contributed by atoms with Gasteiger partial charge in [0.2, 0.25) is 5.91 Å². The highest BCUT2D eigenvalue weighted by atomic mass is 19.1. The molecule has 1 heterocycles. The fourth-order valence-electron chi connectivity index (χ4n) is 2.15. The van der Waals surface area contributed by atoms with E-state index in [2.05, 4.69) is 5.32 Å². The van der Waals surface area contributed by atoms with Crippen molar-refractivity contribution in [2.24, 2.45) is 0 Å². The van der Waals surface area contributed by atoms with Crippen LogP contribution in [0.2, 0.25) is 0 Å². The Morgan fingerprint density at radius 2 is 2.25 bits per heavy atom. The van der Waals surface area contributed by atoms with E-state index >= 15 is 0 Å². The van der Waals surface area contributed by atoms with Gasteiger partial charge in [-0.25, -0.2) is 9.18 Å². The lowest BCUT2D eigenvalue weighted by molar-refractivity contribution is -0.143. The van der Waals surface area contributed by atoms with E-state index in [-0.39, 0.29) is 0 Å². The molecule has 0 aliphatic carbocycles. The highest BCUT2D eigenvalue weighted by Gasteiger charge is 2.29. The number of ether oxygens (including phenoxy) is 1. The minimum absolute atomic E-state index is 0.333. The molecule has 2 rings (SSSR count). The zero-order valence-electron chi connectivity index (χ0n) is 11.1. The Morgan fingerprint density at radius 3 is 2.80 bits per heavy atom. The van der Waals surface area contributed by atoms with Crippen LogP contribution in [0.15, 0.2) is 18.2 Å². The number of carboxylic acid groups (broad SMARTS) is 1. The number of halogens is 1. The zero-order valence-corrected chi connectivity index (χ0v) is 11.1. The van der Waals surface area contributed by atoms with Crippen molar-refractivity contribution >= 4 is 11.9 Å². The number of aliphatic carboxylic acids is 1. The van der Waals surface area contributed by atoms with Crippen LogP contribution in [0.5, 0.6) is 0 Å². The van der Waals surface area contributed by atoms with Crippen molar-refractivity contribution < 1.29 is 23.8 Å². The summed E-state index contributed by atoms with van der Waals surface area (Å²) in [4.78, 5) is 23.2. The molecule has 2 N–H and O–H groups in total. The maximum atomic E-state index is 13.2. The standard InChI is InChI=1S/C14H16FNO4/c1-8-7-9(4-5-10(8)15)12(14(18)19)16-13(17)11-3-2-6-20-11/h4-5,7,11-12H,2-3,6H2,1H3,(H,16,17)(H,18,19)/t11-,12?/m0/s1. The van der Waals surface area contributed by atoms with Crippen molar-refractivity contribution in [2.45, 2.75) is 31.9 Å². The Kier molecular flexibility index (Phi) is 4.34. The third-order valence-corrected chi connectivity index (χ3v) is 3.27. The highest BCUT2D eigenvalue weighted by Crippen LogP contribution is 2.19. The van der Waals surface area contributed by atoms with E-state index in [1.807, 2.05) is 0 Å². The molecule has 2 atom stereocenters. The lowest BCUT2D eigenvalue weighted by Gasteiger charge is -2.18. The molecule has 0 spiro atoms. The Bertz CT molecular complexity index is 526. The van der Waals surface area contributed by atoms with Gasteiger partial charge in [-0.3, -0.25) is 4.79 Å². The summed E-state index contributed by atoms with van der Waals surface area (Å²) < 4.78 is 18.4. The number of hydrogen-bond acceptors (Lipinski definition) is 3. The molecule has 1 aromatic rings. The molecule has 1 amide bonds. The molecule has 5 nitrogen and oxygen atoms in total. The number of hydrogen-bond donors (Lipinski definition) is 2. The van der Waals surface area contributed by atoms with Crippen LogP contribution in [-0.2, 0) is 14.3 Å². The Balaban J connectivity index is 2.16. The van der Waals surface area contributed by atoms with E-state index in [0.29, 0.717) is 24.2 Å². The average molecular weight is 281 g/mol. The van der Waals surface area contributed by atoms with Crippen LogP contribution in [0.3, 0.4) is 0 Å². The highest BCUT2D eigenvalue weighted by molar-refractivity contribution is 5.87. The molecule has 0 saturated carbocycles. The minimum Gasteiger partial charge on any atom is -0.479 e. The van der Waals surface area contributed by atoms with Gasteiger partial charge in [0.25, 0.3) is 0 Å². The van der Waals surface area contributed by atoms with E-state index in [1.165, 1.54) is 18.2 Å². The lowest BCUT2D eigenvalue weighted by Crippen LogP contribution is -2.40. The second-order valence-electron chi connectivity index (χ2n) is 4.79. The van der Waals surface area contributed by atoms with E-state index in [0.717, 1.165) is 6.42 Å². The van der Waals surface area contributed by atoms with E-state index in [9.17, 15) is 19.1 Å². The fourth-order valence-corrected chi connectivity index (χ4v) is 2.15. The summed E-state index contributed by atoms with van der Waals surface area (Å²) in [5, 5.41) is 11.7. The number of aryl methyl sites for hydroxylation is 1. The maximum Gasteiger partial charge on any atom is 0.330 e. The second-order valence-corrected chi connectivity index (χ2v) is 4.79. The second kappa shape index (κ2) is 6.00. The molecule has 1 saturated heterocycles. The number of carbonyl (C=O) groups excluding carboxylic acids is 1. The van der Waals surface area contributed by atoms with Gasteiger partial charge in [0.05, 0.1) is 0 Å². The van der Waals surface area contributed by atoms with E-state index < -0.39 is 29.8 Å². The van der Waals surface area contributed by atoms with Crippen molar-refractivity contribution in [3.05, 3.63) is 35.1 Å². The van der Waals surface area contributed by atoms with Crippen molar-refractivity contribution in [3.63, 3.8) is 0 Å². The van der Waals surface area contributed by atoms with Gasteiger partial charge in [-0.15, -0.1) is 0 Å². The molecule has 108 valence electrons. The molecule has 1 unspecified atom stereocenters. The first-order valence-corrected chi connectivity index (χ1v) is 6.40. The normalized spacial score (nSPS) is 19.6. The summed E-state index contributed by atoms with van der Waals surface area (Å²) in [6.07, 6.45) is 0.768. The number of benzene rings is 1. The summed E-state index contributed by atoms with van der Waals surface area (Å²) in [5.74, 6) is -2.05. The predicted molar refractivity (Wildman–Crippen MR) is 68.6 cm³/mol. The molecule has 20 heavy (non-hydrogen) atoms. The monoisotopic (exact) mass is 281 g/mol. The molecule has 0 bridgehead atoms. The number of rotatable bonds is 4. The number of amides is 1. The average Bonchev–Trinajstić information content (AvgIpc) is 2.93. The summed E-state index contributed by atoms with van der Waals surface area (Å²) in [6.45, 7) is 2.05. The van der Waals surface area contributed by atoms with Crippen LogP contribution in [0, 0.1) is 12.7 Å². The van der Waals surface area contributed by atoms with Crippen LogP contribution in [0.1, 0.15) is 30.0 Å². The maximum absolute atomic E-state index is 13.2. The van der Waals surface area contributed by atoms with Gasteiger partial charge in [0.15, 0.2) is 6.04 Å². The summed E-state index contributed by atoms with van der Waals surface area (Å²) >= 11 is 0. The first-order chi connectivity index (χ1) is 9.49. The molecule has 1 aromatic carbocycles. The molecule has 0 aromatic heterocycles. The molecular formula is C14H16FNO4.